The largest absolute Gasteiger partial charge is 0.452 e. The maximum Gasteiger partial charge on any atom is 0.339 e. The van der Waals surface area contributed by atoms with Crippen LogP contribution in [-0.4, -0.2) is 35.5 Å². The number of fused-ring (bicyclic) bond motifs is 1. The van der Waals surface area contributed by atoms with E-state index in [0.717, 1.165) is 36.9 Å². The number of nitrogens with zero attached hydrogens (tertiary/aromatic N) is 1. The summed E-state index contributed by atoms with van der Waals surface area (Å²) in [7, 11) is 0. The number of amides is 3. The molecule has 0 atom stereocenters. The van der Waals surface area contributed by atoms with Crippen LogP contribution in [0.2, 0.25) is 0 Å². The molecule has 3 rings (SSSR count). The number of benzene rings is 1. The molecule has 1 aromatic carbocycles. The third kappa shape index (κ3) is 4.47. The van der Waals surface area contributed by atoms with Gasteiger partial charge in [-0.3, -0.25) is 15.1 Å². The predicted molar refractivity (Wildman–Crippen MR) is 105 cm³/mol. The Labute approximate surface area is 163 Å². The number of ether oxygens (including phenoxy) is 1. The molecule has 1 fully saturated rings. The third-order valence-electron chi connectivity index (χ3n) is 5.05. The van der Waals surface area contributed by atoms with E-state index in [9.17, 15) is 14.4 Å². The quantitative estimate of drug-likeness (QED) is 0.774. The Morgan fingerprint density at radius 2 is 1.89 bits per heavy atom. The zero-order valence-electron chi connectivity index (χ0n) is 16.2. The summed E-state index contributed by atoms with van der Waals surface area (Å²) in [4.78, 5) is 41.1. The van der Waals surface area contributed by atoms with Gasteiger partial charge in [-0.1, -0.05) is 38.0 Å². The molecule has 7 heteroatoms. The molecule has 1 saturated carbocycles. The van der Waals surface area contributed by atoms with Crippen molar-refractivity contribution in [2.75, 3.05) is 6.61 Å². The molecule has 2 aromatic rings. The Morgan fingerprint density at radius 3 is 2.61 bits per heavy atom. The number of rotatable bonds is 5. The highest BCUT2D eigenvalue weighted by molar-refractivity contribution is 6.05. The molecular formula is C21H25N3O4. The van der Waals surface area contributed by atoms with Crippen molar-refractivity contribution >= 4 is 28.8 Å². The van der Waals surface area contributed by atoms with E-state index in [1.807, 2.05) is 32.0 Å². The lowest BCUT2D eigenvalue weighted by Crippen LogP contribution is -2.45. The van der Waals surface area contributed by atoms with Crippen molar-refractivity contribution in [1.82, 2.24) is 15.6 Å². The van der Waals surface area contributed by atoms with Gasteiger partial charge in [-0.2, -0.15) is 0 Å². The highest BCUT2D eigenvalue weighted by atomic mass is 16.5. The van der Waals surface area contributed by atoms with E-state index in [1.165, 1.54) is 0 Å². The molecule has 3 amide bonds. The molecular weight excluding hydrogens is 358 g/mol. The van der Waals surface area contributed by atoms with Crippen molar-refractivity contribution in [3.05, 3.63) is 41.1 Å². The third-order valence-corrected chi connectivity index (χ3v) is 5.05. The van der Waals surface area contributed by atoms with E-state index in [0.29, 0.717) is 22.9 Å². The summed E-state index contributed by atoms with van der Waals surface area (Å²) in [6.07, 6.45) is 4.68. The maximum absolute atomic E-state index is 12.7. The number of esters is 1. The summed E-state index contributed by atoms with van der Waals surface area (Å²) in [5, 5.41) is 5.65. The average Bonchev–Trinajstić information content (AvgIpc) is 3.18. The zero-order chi connectivity index (χ0) is 20.1. The van der Waals surface area contributed by atoms with Crippen LogP contribution in [-0.2, 0) is 16.0 Å². The molecule has 1 aliphatic carbocycles. The second-order valence-corrected chi connectivity index (χ2v) is 7.01. The molecule has 0 radical (unpaired) electrons. The van der Waals surface area contributed by atoms with E-state index < -0.39 is 24.5 Å². The number of carbonyl (C=O) groups is 3. The SMILES string of the molecule is CCc1nc2ccccc2c(C(=O)OCC(=O)NC(=O)NC2CCCC2)c1C. The second kappa shape index (κ2) is 8.82. The lowest BCUT2D eigenvalue weighted by Gasteiger charge is -2.14. The van der Waals surface area contributed by atoms with Crippen LogP contribution in [0.1, 0.15) is 54.2 Å². The van der Waals surface area contributed by atoms with Gasteiger partial charge in [0, 0.05) is 17.1 Å². The summed E-state index contributed by atoms with van der Waals surface area (Å²) < 4.78 is 5.19. The fourth-order valence-electron chi connectivity index (χ4n) is 3.62. The smallest absolute Gasteiger partial charge is 0.339 e. The number of carbonyl (C=O) groups excluding carboxylic acids is 3. The molecule has 0 saturated heterocycles. The van der Waals surface area contributed by atoms with Gasteiger partial charge in [-0.25, -0.2) is 9.59 Å². The van der Waals surface area contributed by atoms with Gasteiger partial charge in [0.25, 0.3) is 5.91 Å². The molecule has 0 bridgehead atoms. The van der Waals surface area contributed by atoms with Crippen LogP contribution in [0, 0.1) is 6.92 Å². The number of hydrogen-bond acceptors (Lipinski definition) is 5. The minimum atomic E-state index is -0.657. The molecule has 7 nitrogen and oxygen atoms in total. The Bertz CT molecular complexity index is 904. The Hall–Kier alpha value is -2.96. The number of hydrogen-bond donors (Lipinski definition) is 2. The van der Waals surface area contributed by atoms with Crippen LogP contribution in [0.5, 0.6) is 0 Å². The topological polar surface area (TPSA) is 97.4 Å². The van der Waals surface area contributed by atoms with E-state index >= 15 is 0 Å². The van der Waals surface area contributed by atoms with Gasteiger partial charge in [0.05, 0.1) is 11.1 Å². The van der Waals surface area contributed by atoms with Gasteiger partial charge >= 0.3 is 12.0 Å². The Morgan fingerprint density at radius 1 is 1.18 bits per heavy atom. The number of aryl methyl sites for hydroxylation is 1. The van der Waals surface area contributed by atoms with Crippen LogP contribution >= 0.6 is 0 Å². The van der Waals surface area contributed by atoms with E-state index in [1.54, 1.807) is 6.07 Å². The van der Waals surface area contributed by atoms with Crippen LogP contribution < -0.4 is 10.6 Å². The van der Waals surface area contributed by atoms with Gasteiger partial charge in [0.2, 0.25) is 0 Å². The van der Waals surface area contributed by atoms with Crippen LogP contribution in [0.25, 0.3) is 10.9 Å². The molecule has 28 heavy (non-hydrogen) atoms. The monoisotopic (exact) mass is 383 g/mol. The van der Waals surface area contributed by atoms with Crippen LogP contribution in [0.3, 0.4) is 0 Å². The first-order valence-electron chi connectivity index (χ1n) is 9.65. The predicted octanol–water partition coefficient (Wildman–Crippen LogP) is 3.03. The molecule has 0 aliphatic heterocycles. The summed E-state index contributed by atoms with van der Waals surface area (Å²) in [5.41, 5.74) is 2.67. The van der Waals surface area contributed by atoms with Crippen molar-refractivity contribution in [2.45, 2.75) is 52.0 Å². The normalized spacial score (nSPS) is 14.1. The Kier molecular flexibility index (Phi) is 6.23. The number of nitrogens with one attached hydrogen (secondary N) is 2. The van der Waals surface area contributed by atoms with Gasteiger partial charge in [0.15, 0.2) is 6.61 Å². The van der Waals surface area contributed by atoms with Gasteiger partial charge < -0.3 is 10.1 Å². The molecule has 1 aromatic heterocycles. The van der Waals surface area contributed by atoms with Crippen LogP contribution in [0.4, 0.5) is 4.79 Å². The fraction of sp³-hybridized carbons (Fsp3) is 0.429. The summed E-state index contributed by atoms with van der Waals surface area (Å²) >= 11 is 0. The first kappa shape index (κ1) is 19.8. The van der Waals surface area contributed by atoms with Crippen molar-refractivity contribution < 1.29 is 19.1 Å². The molecule has 0 unspecified atom stereocenters. The molecule has 0 spiro atoms. The molecule has 1 aliphatic rings. The number of aromatic nitrogens is 1. The first-order valence-corrected chi connectivity index (χ1v) is 9.65. The lowest BCUT2D eigenvalue weighted by atomic mass is 10.0. The lowest BCUT2D eigenvalue weighted by molar-refractivity contribution is -0.123. The molecule has 2 N–H and O–H groups in total. The minimum Gasteiger partial charge on any atom is -0.452 e. The van der Waals surface area contributed by atoms with Gasteiger partial charge in [-0.15, -0.1) is 0 Å². The number of urea groups is 1. The van der Waals surface area contributed by atoms with Gasteiger partial charge in [-0.05, 0) is 37.8 Å². The molecule has 1 heterocycles. The number of pyridine rings is 1. The van der Waals surface area contributed by atoms with Gasteiger partial charge in [0.1, 0.15) is 0 Å². The van der Waals surface area contributed by atoms with Crippen molar-refractivity contribution in [1.29, 1.82) is 0 Å². The Balaban J connectivity index is 1.65. The second-order valence-electron chi connectivity index (χ2n) is 7.01. The highest BCUT2D eigenvalue weighted by Crippen LogP contribution is 2.24. The van der Waals surface area contributed by atoms with E-state index in [-0.39, 0.29) is 6.04 Å². The van der Waals surface area contributed by atoms with Crippen molar-refractivity contribution in [2.24, 2.45) is 0 Å². The summed E-state index contributed by atoms with van der Waals surface area (Å²) in [6, 6.07) is 6.88. The molecule has 148 valence electrons. The van der Waals surface area contributed by atoms with E-state index in [2.05, 4.69) is 15.6 Å². The number of para-hydroxylation sites is 1. The summed E-state index contributed by atoms with van der Waals surface area (Å²) in [6.45, 7) is 3.27. The maximum atomic E-state index is 12.7. The summed E-state index contributed by atoms with van der Waals surface area (Å²) in [5.74, 6) is -1.26. The van der Waals surface area contributed by atoms with Crippen molar-refractivity contribution in [3.8, 4) is 0 Å². The fourth-order valence-corrected chi connectivity index (χ4v) is 3.62. The van der Waals surface area contributed by atoms with E-state index in [4.69, 9.17) is 4.74 Å². The first-order chi connectivity index (χ1) is 13.5. The van der Waals surface area contributed by atoms with Crippen molar-refractivity contribution in [3.63, 3.8) is 0 Å². The van der Waals surface area contributed by atoms with Crippen LogP contribution in [0.15, 0.2) is 24.3 Å². The number of imide groups is 1. The minimum absolute atomic E-state index is 0.105. The standard InChI is InChI=1S/C21H25N3O4/c1-3-16-13(2)19(15-10-6-7-11-17(15)23-16)20(26)28-12-18(25)24-21(27)22-14-8-4-5-9-14/h6-7,10-11,14H,3-5,8-9,12H2,1-2H3,(H2,22,24,25,27). The average molecular weight is 383 g/mol. The zero-order valence-corrected chi connectivity index (χ0v) is 16.2. The highest BCUT2D eigenvalue weighted by Gasteiger charge is 2.21.